The maximum atomic E-state index is 12.9. The van der Waals surface area contributed by atoms with E-state index in [2.05, 4.69) is 0 Å². The number of esters is 3. The van der Waals surface area contributed by atoms with Gasteiger partial charge in [-0.15, -0.1) is 0 Å². The van der Waals surface area contributed by atoms with Crippen LogP contribution in [0, 0.1) is 5.92 Å². The summed E-state index contributed by atoms with van der Waals surface area (Å²) in [6.07, 6.45) is -0.551. The number of likely N-dealkylation sites (tertiary alicyclic amines) is 1. The number of methoxy groups -OCH3 is 1. The van der Waals surface area contributed by atoms with Crippen LogP contribution in [0.4, 0.5) is 0 Å². The molecule has 0 spiro atoms. The molecule has 1 aliphatic rings. The van der Waals surface area contributed by atoms with Crippen molar-refractivity contribution >= 4 is 23.8 Å². The van der Waals surface area contributed by atoms with Crippen LogP contribution in [0.2, 0.25) is 0 Å². The second-order valence-electron chi connectivity index (χ2n) is 6.58. The van der Waals surface area contributed by atoms with E-state index in [9.17, 15) is 24.3 Å². The maximum Gasteiger partial charge on any atom is 0.347 e. The Kier molecular flexibility index (Phi) is 6.76. The minimum absolute atomic E-state index is 0.0946. The number of nitrogens with zero attached hydrogens (tertiary/aromatic N) is 1. The quantitative estimate of drug-likeness (QED) is 0.377. The fourth-order valence-electron chi connectivity index (χ4n) is 3.31. The minimum atomic E-state index is -2.50. The van der Waals surface area contributed by atoms with Crippen molar-refractivity contribution in [3.8, 4) is 0 Å². The van der Waals surface area contributed by atoms with Gasteiger partial charge < -0.3 is 24.2 Å². The molecule has 1 aliphatic heterocycles. The van der Waals surface area contributed by atoms with Crippen LogP contribution in [-0.4, -0.2) is 71.3 Å². The summed E-state index contributed by atoms with van der Waals surface area (Å²) in [6.45, 7) is 7.28. The predicted octanol–water partition coefficient (Wildman–Crippen LogP) is 0.0323. The number of rotatable bonds is 7. The molecule has 2 unspecified atom stereocenters. The van der Waals surface area contributed by atoms with Gasteiger partial charge >= 0.3 is 17.9 Å². The first-order valence-electron chi connectivity index (χ1n) is 8.49. The second-order valence-corrected chi connectivity index (χ2v) is 6.58. The zero-order valence-corrected chi connectivity index (χ0v) is 16.0. The number of hydrogen-bond donors (Lipinski definition) is 1. The smallest absolute Gasteiger partial charge is 0.347 e. The molecule has 1 fully saturated rings. The summed E-state index contributed by atoms with van der Waals surface area (Å²) in [6, 6.07) is -1.28. The highest BCUT2D eigenvalue weighted by Gasteiger charge is 2.73. The van der Waals surface area contributed by atoms with E-state index in [-0.39, 0.29) is 13.2 Å². The molecule has 9 heteroatoms. The van der Waals surface area contributed by atoms with Crippen molar-refractivity contribution in [3.05, 3.63) is 0 Å². The van der Waals surface area contributed by atoms with Gasteiger partial charge in [-0.25, -0.2) is 14.4 Å². The van der Waals surface area contributed by atoms with Crippen LogP contribution in [0.25, 0.3) is 0 Å². The molecule has 1 rings (SSSR count). The van der Waals surface area contributed by atoms with Crippen LogP contribution < -0.4 is 0 Å². The van der Waals surface area contributed by atoms with Crippen molar-refractivity contribution in [2.24, 2.45) is 5.92 Å². The molecule has 0 aromatic rings. The Balaban J connectivity index is 3.75. The van der Waals surface area contributed by atoms with Crippen LogP contribution in [0.3, 0.4) is 0 Å². The zero-order valence-electron chi connectivity index (χ0n) is 16.0. The highest BCUT2D eigenvalue weighted by Crippen LogP contribution is 2.44. The first-order chi connectivity index (χ1) is 12.0. The molecule has 2 atom stereocenters. The number of aliphatic hydroxyl groups is 1. The van der Waals surface area contributed by atoms with Crippen LogP contribution in [0.1, 0.15) is 41.0 Å². The lowest BCUT2D eigenvalue weighted by Crippen LogP contribution is -2.71. The molecule has 1 amide bonds. The number of amides is 1. The highest BCUT2D eigenvalue weighted by atomic mass is 16.6. The molecule has 0 bridgehead atoms. The lowest BCUT2D eigenvalue weighted by molar-refractivity contribution is -0.193. The van der Waals surface area contributed by atoms with Crippen molar-refractivity contribution in [2.45, 2.75) is 58.2 Å². The third kappa shape index (κ3) is 3.27. The molecule has 0 aromatic carbocycles. The number of hydrogen-bond acceptors (Lipinski definition) is 8. The fraction of sp³-hybridized carbons (Fsp3) is 0.765. The summed E-state index contributed by atoms with van der Waals surface area (Å²) in [4.78, 5) is 51.6. The van der Waals surface area contributed by atoms with Crippen molar-refractivity contribution in [1.29, 1.82) is 0 Å². The Labute approximate surface area is 152 Å². The van der Waals surface area contributed by atoms with Gasteiger partial charge in [0.05, 0.1) is 26.7 Å². The number of carbonyl (C=O) groups is 4. The normalized spacial score (nSPS) is 22.9. The Morgan fingerprint density at radius 3 is 1.96 bits per heavy atom. The van der Waals surface area contributed by atoms with Crippen molar-refractivity contribution < 1.29 is 38.5 Å². The molecule has 0 radical (unpaired) electrons. The Morgan fingerprint density at radius 1 is 1.15 bits per heavy atom. The standard InChI is InChI=1S/C17H27NO8/c1-7-25-14(21)17(15(22)26-8-2)16(5,23)9-11(19)18(17)12(10(3)4)13(20)24-6/h10,12,23H,7-9H2,1-6H3. The van der Waals surface area contributed by atoms with E-state index < -0.39 is 53.3 Å². The van der Waals surface area contributed by atoms with Gasteiger partial charge in [-0.3, -0.25) is 4.79 Å². The summed E-state index contributed by atoms with van der Waals surface area (Å²) in [5.41, 5.74) is -4.64. The van der Waals surface area contributed by atoms with E-state index in [0.29, 0.717) is 0 Å². The van der Waals surface area contributed by atoms with Crippen LogP contribution in [-0.2, 0) is 33.4 Å². The molecule has 0 aromatic heterocycles. The lowest BCUT2D eigenvalue weighted by Gasteiger charge is -2.43. The van der Waals surface area contributed by atoms with Crippen molar-refractivity contribution in [3.63, 3.8) is 0 Å². The van der Waals surface area contributed by atoms with E-state index in [1.165, 1.54) is 20.8 Å². The topological polar surface area (TPSA) is 119 Å². The fourth-order valence-corrected chi connectivity index (χ4v) is 3.31. The molecule has 1 N–H and O–H groups in total. The van der Waals surface area contributed by atoms with Crippen LogP contribution in [0.5, 0.6) is 0 Å². The monoisotopic (exact) mass is 373 g/mol. The molecule has 26 heavy (non-hydrogen) atoms. The number of ether oxygens (including phenoxy) is 3. The van der Waals surface area contributed by atoms with Gasteiger partial charge in [-0.1, -0.05) is 13.8 Å². The lowest BCUT2D eigenvalue weighted by atomic mass is 9.80. The molecular weight excluding hydrogens is 346 g/mol. The summed E-state index contributed by atoms with van der Waals surface area (Å²) < 4.78 is 14.8. The van der Waals surface area contributed by atoms with E-state index >= 15 is 0 Å². The third-order valence-corrected chi connectivity index (χ3v) is 4.40. The average Bonchev–Trinajstić information content (AvgIpc) is 2.74. The van der Waals surface area contributed by atoms with E-state index in [1.54, 1.807) is 13.8 Å². The summed E-state index contributed by atoms with van der Waals surface area (Å²) >= 11 is 0. The zero-order chi connectivity index (χ0) is 20.3. The van der Waals surface area contributed by atoms with Crippen molar-refractivity contribution in [2.75, 3.05) is 20.3 Å². The van der Waals surface area contributed by atoms with E-state index in [1.807, 2.05) is 0 Å². The molecule has 148 valence electrons. The van der Waals surface area contributed by atoms with Gasteiger partial charge in [0.1, 0.15) is 11.6 Å². The SMILES string of the molecule is CCOC(=O)C1(C(=O)OCC)N(C(C(=O)OC)C(C)C)C(=O)CC1(C)O. The van der Waals surface area contributed by atoms with Crippen LogP contribution >= 0.6 is 0 Å². The van der Waals surface area contributed by atoms with E-state index in [0.717, 1.165) is 12.0 Å². The summed E-state index contributed by atoms with van der Waals surface area (Å²) in [5.74, 6) is -4.37. The summed E-state index contributed by atoms with van der Waals surface area (Å²) in [5, 5.41) is 10.9. The molecule has 0 saturated carbocycles. The Bertz CT molecular complexity index is 565. The van der Waals surface area contributed by atoms with Crippen molar-refractivity contribution in [1.82, 2.24) is 4.90 Å². The third-order valence-electron chi connectivity index (χ3n) is 4.40. The van der Waals surface area contributed by atoms with Crippen LogP contribution in [0.15, 0.2) is 0 Å². The first kappa shape index (κ1) is 21.9. The van der Waals surface area contributed by atoms with Gasteiger partial charge in [0.15, 0.2) is 0 Å². The molecular formula is C17H27NO8. The number of carbonyl (C=O) groups excluding carboxylic acids is 4. The molecule has 9 nitrogen and oxygen atoms in total. The second kappa shape index (κ2) is 8.03. The van der Waals surface area contributed by atoms with Gasteiger partial charge in [0, 0.05) is 0 Å². The highest BCUT2D eigenvalue weighted by molar-refractivity contribution is 6.13. The van der Waals surface area contributed by atoms with E-state index in [4.69, 9.17) is 14.2 Å². The maximum absolute atomic E-state index is 12.9. The minimum Gasteiger partial charge on any atom is -0.467 e. The van der Waals surface area contributed by atoms with Gasteiger partial charge in [0.25, 0.3) is 5.54 Å². The first-order valence-corrected chi connectivity index (χ1v) is 8.49. The van der Waals surface area contributed by atoms with Gasteiger partial charge in [0.2, 0.25) is 5.91 Å². The largest absolute Gasteiger partial charge is 0.467 e. The Morgan fingerprint density at radius 2 is 1.62 bits per heavy atom. The molecule has 0 aliphatic carbocycles. The Hall–Kier alpha value is -2.16. The van der Waals surface area contributed by atoms with Gasteiger partial charge in [-0.05, 0) is 26.7 Å². The summed E-state index contributed by atoms with van der Waals surface area (Å²) in [7, 11) is 1.13. The predicted molar refractivity (Wildman–Crippen MR) is 88.7 cm³/mol. The van der Waals surface area contributed by atoms with Gasteiger partial charge in [-0.2, -0.15) is 0 Å². The molecule has 1 heterocycles. The average molecular weight is 373 g/mol. The molecule has 1 saturated heterocycles.